The molecule has 1 N–H and O–H groups in total. The van der Waals surface area contributed by atoms with Gasteiger partial charge in [0.25, 0.3) is 0 Å². The Bertz CT molecular complexity index is 363. The van der Waals surface area contributed by atoms with E-state index < -0.39 is 0 Å². The van der Waals surface area contributed by atoms with Crippen molar-refractivity contribution in [3.63, 3.8) is 0 Å². The van der Waals surface area contributed by atoms with E-state index in [-0.39, 0.29) is 0 Å². The first kappa shape index (κ1) is 16.5. The lowest BCUT2D eigenvalue weighted by molar-refractivity contribution is 0.335. The van der Waals surface area contributed by atoms with Gasteiger partial charge in [-0.1, -0.05) is 57.5 Å². The van der Waals surface area contributed by atoms with Crippen LogP contribution in [0.3, 0.4) is 0 Å². The molecule has 108 valence electrons. The minimum Gasteiger partial charge on any atom is -0.307 e. The molecule has 0 aromatic heterocycles. The van der Waals surface area contributed by atoms with Gasteiger partial charge in [-0.15, -0.1) is 0 Å². The van der Waals surface area contributed by atoms with Gasteiger partial charge < -0.3 is 5.32 Å². The van der Waals surface area contributed by atoms with Crippen LogP contribution in [0.25, 0.3) is 0 Å². The predicted octanol–water partition coefficient (Wildman–Crippen LogP) is 5.45. The highest BCUT2D eigenvalue weighted by atomic mass is 35.5. The molecular formula is C17H28ClN. The molecule has 0 radical (unpaired) electrons. The standard InChI is InChI=1S/C17H28ClN/c1-12(2)10-15(11-13(3)4)19-14(5)16-8-6-7-9-17(16)18/h6-9,12-15,19H,10-11H2,1-5H3. The van der Waals surface area contributed by atoms with Crippen LogP contribution in [0, 0.1) is 11.8 Å². The monoisotopic (exact) mass is 281 g/mol. The van der Waals surface area contributed by atoms with Gasteiger partial charge in [0.2, 0.25) is 0 Å². The van der Waals surface area contributed by atoms with E-state index in [1.165, 1.54) is 18.4 Å². The average molecular weight is 282 g/mol. The molecule has 1 aromatic rings. The largest absolute Gasteiger partial charge is 0.307 e. The van der Waals surface area contributed by atoms with Gasteiger partial charge in [0.05, 0.1) is 0 Å². The summed E-state index contributed by atoms with van der Waals surface area (Å²) in [6.07, 6.45) is 2.43. The van der Waals surface area contributed by atoms with Crippen molar-refractivity contribution in [3.8, 4) is 0 Å². The molecule has 1 rings (SSSR count). The number of nitrogens with one attached hydrogen (secondary N) is 1. The van der Waals surface area contributed by atoms with Crippen LogP contribution >= 0.6 is 11.6 Å². The van der Waals surface area contributed by atoms with Crippen molar-refractivity contribution in [3.05, 3.63) is 34.9 Å². The fraction of sp³-hybridized carbons (Fsp3) is 0.647. The smallest absolute Gasteiger partial charge is 0.0453 e. The second kappa shape index (κ2) is 7.91. The molecule has 0 aliphatic rings. The normalized spacial score (nSPS) is 13.5. The summed E-state index contributed by atoms with van der Waals surface area (Å²) in [5.74, 6) is 1.43. The molecule has 1 nitrogen and oxygen atoms in total. The predicted molar refractivity (Wildman–Crippen MR) is 85.7 cm³/mol. The van der Waals surface area contributed by atoms with Gasteiger partial charge >= 0.3 is 0 Å². The van der Waals surface area contributed by atoms with Crippen molar-refractivity contribution >= 4 is 11.6 Å². The van der Waals surface area contributed by atoms with Crippen molar-refractivity contribution in [1.29, 1.82) is 0 Å². The molecule has 0 saturated heterocycles. The van der Waals surface area contributed by atoms with Crippen molar-refractivity contribution in [2.45, 2.75) is 59.5 Å². The molecule has 1 aromatic carbocycles. The highest BCUT2D eigenvalue weighted by Crippen LogP contribution is 2.24. The third-order valence-corrected chi connectivity index (χ3v) is 3.71. The number of benzene rings is 1. The van der Waals surface area contributed by atoms with E-state index in [1.807, 2.05) is 12.1 Å². The van der Waals surface area contributed by atoms with E-state index in [4.69, 9.17) is 11.6 Å². The maximum atomic E-state index is 6.27. The lowest BCUT2D eigenvalue weighted by Crippen LogP contribution is -2.34. The van der Waals surface area contributed by atoms with Crippen LogP contribution in [0.4, 0.5) is 0 Å². The second-order valence-corrected chi connectivity index (χ2v) is 6.77. The zero-order chi connectivity index (χ0) is 14.4. The molecule has 0 spiro atoms. The minimum atomic E-state index is 0.302. The number of halogens is 1. The summed E-state index contributed by atoms with van der Waals surface area (Å²) in [6.45, 7) is 11.4. The van der Waals surface area contributed by atoms with Gasteiger partial charge in [-0.25, -0.2) is 0 Å². The zero-order valence-corrected chi connectivity index (χ0v) is 13.7. The molecule has 0 bridgehead atoms. The fourth-order valence-corrected chi connectivity index (χ4v) is 2.94. The van der Waals surface area contributed by atoms with Gasteiger partial charge in [0.15, 0.2) is 0 Å². The molecular weight excluding hydrogens is 254 g/mol. The van der Waals surface area contributed by atoms with E-state index >= 15 is 0 Å². The summed E-state index contributed by atoms with van der Waals surface area (Å²) in [5, 5.41) is 4.61. The van der Waals surface area contributed by atoms with Gasteiger partial charge in [0.1, 0.15) is 0 Å². The van der Waals surface area contributed by atoms with Gasteiger partial charge in [0, 0.05) is 17.1 Å². The fourth-order valence-electron chi connectivity index (χ4n) is 2.64. The summed E-state index contributed by atoms with van der Waals surface area (Å²) in [6, 6.07) is 8.98. The van der Waals surface area contributed by atoms with Crippen LogP contribution in [-0.2, 0) is 0 Å². The third kappa shape index (κ3) is 5.97. The van der Waals surface area contributed by atoms with E-state index in [2.05, 4.69) is 52.1 Å². The number of hydrogen-bond acceptors (Lipinski definition) is 1. The number of rotatable bonds is 7. The molecule has 0 amide bonds. The van der Waals surface area contributed by atoms with E-state index in [9.17, 15) is 0 Å². The van der Waals surface area contributed by atoms with Crippen LogP contribution in [0.5, 0.6) is 0 Å². The van der Waals surface area contributed by atoms with E-state index in [0.29, 0.717) is 12.1 Å². The lowest BCUT2D eigenvalue weighted by atomic mass is 9.94. The summed E-state index contributed by atoms with van der Waals surface area (Å²) >= 11 is 6.27. The Balaban J connectivity index is 2.70. The summed E-state index contributed by atoms with van der Waals surface area (Å²) in [5.41, 5.74) is 1.20. The quantitative estimate of drug-likeness (QED) is 0.700. The minimum absolute atomic E-state index is 0.302. The summed E-state index contributed by atoms with van der Waals surface area (Å²) < 4.78 is 0. The molecule has 0 aliphatic heterocycles. The van der Waals surface area contributed by atoms with Crippen molar-refractivity contribution in [2.24, 2.45) is 11.8 Å². The van der Waals surface area contributed by atoms with Crippen molar-refractivity contribution in [1.82, 2.24) is 5.32 Å². The molecule has 0 saturated carbocycles. The van der Waals surface area contributed by atoms with Crippen LogP contribution in [0.2, 0.25) is 5.02 Å². The molecule has 0 fully saturated rings. The maximum absolute atomic E-state index is 6.27. The Hall–Kier alpha value is -0.530. The Morgan fingerprint density at radius 3 is 1.95 bits per heavy atom. The van der Waals surface area contributed by atoms with Crippen molar-refractivity contribution in [2.75, 3.05) is 0 Å². The second-order valence-electron chi connectivity index (χ2n) is 6.37. The first-order chi connectivity index (χ1) is 8.90. The Morgan fingerprint density at radius 1 is 0.947 bits per heavy atom. The van der Waals surface area contributed by atoms with Crippen LogP contribution in [-0.4, -0.2) is 6.04 Å². The highest BCUT2D eigenvalue weighted by molar-refractivity contribution is 6.31. The van der Waals surface area contributed by atoms with Crippen LogP contribution in [0.1, 0.15) is 59.1 Å². The molecule has 1 unspecified atom stereocenters. The summed E-state index contributed by atoms with van der Waals surface area (Å²) in [4.78, 5) is 0. The lowest BCUT2D eigenvalue weighted by Gasteiger charge is -2.27. The Labute approximate surface area is 123 Å². The molecule has 1 atom stereocenters. The maximum Gasteiger partial charge on any atom is 0.0453 e. The topological polar surface area (TPSA) is 12.0 Å². The third-order valence-electron chi connectivity index (χ3n) is 3.37. The SMILES string of the molecule is CC(C)CC(CC(C)C)NC(C)c1ccccc1Cl. The highest BCUT2D eigenvalue weighted by Gasteiger charge is 2.17. The Kier molecular flexibility index (Phi) is 6.88. The van der Waals surface area contributed by atoms with Gasteiger partial charge in [-0.2, -0.15) is 0 Å². The zero-order valence-electron chi connectivity index (χ0n) is 12.9. The van der Waals surface area contributed by atoms with Crippen LogP contribution < -0.4 is 5.32 Å². The first-order valence-corrected chi connectivity index (χ1v) is 7.78. The molecule has 2 heteroatoms. The first-order valence-electron chi connectivity index (χ1n) is 7.40. The van der Waals surface area contributed by atoms with Crippen LogP contribution in [0.15, 0.2) is 24.3 Å². The van der Waals surface area contributed by atoms with E-state index in [0.717, 1.165) is 16.9 Å². The van der Waals surface area contributed by atoms with E-state index in [1.54, 1.807) is 0 Å². The molecule has 0 heterocycles. The average Bonchev–Trinajstić information content (AvgIpc) is 2.27. The van der Waals surface area contributed by atoms with Gasteiger partial charge in [-0.3, -0.25) is 0 Å². The van der Waals surface area contributed by atoms with Crippen molar-refractivity contribution < 1.29 is 0 Å². The number of hydrogen-bond donors (Lipinski definition) is 1. The van der Waals surface area contributed by atoms with Gasteiger partial charge in [-0.05, 0) is 43.2 Å². The summed E-state index contributed by atoms with van der Waals surface area (Å²) in [7, 11) is 0. The Morgan fingerprint density at radius 2 is 1.47 bits per heavy atom. The molecule has 0 aliphatic carbocycles. The molecule has 19 heavy (non-hydrogen) atoms.